The predicted octanol–water partition coefficient (Wildman–Crippen LogP) is 3.16. The number of para-hydroxylation sites is 1. The first-order valence-electron chi connectivity index (χ1n) is 7.28. The first-order valence-corrected chi connectivity index (χ1v) is 8.08. The van der Waals surface area contributed by atoms with Crippen LogP contribution >= 0.6 is 15.9 Å². The van der Waals surface area contributed by atoms with E-state index in [2.05, 4.69) is 31.2 Å². The summed E-state index contributed by atoms with van der Waals surface area (Å²) >= 11 is 3.37. The standard InChI is InChI=1S/C17H16BrN3O2/c18-13-6-4-11(5-7-13)15(23)10-12-2-1-3-14-16(12)21-17(20-14)19-8-9-22/h1-7,22H,8-10H2,(H2,19,20,21). The lowest BCUT2D eigenvalue weighted by atomic mass is 10.0. The number of fused-ring (bicyclic) bond motifs is 1. The zero-order valence-electron chi connectivity index (χ0n) is 12.3. The van der Waals surface area contributed by atoms with Crippen molar-refractivity contribution in [2.75, 3.05) is 18.5 Å². The second-order valence-electron chi connectivity index (χ2n) is 5.16. The molecule has 0 atom stereocenters. The molecular formula is C17H16BrN3O2. The second-order valence-corrected chi connectivity index (χ2v) is 6.07. The Labute approximate surface area is 141 Å². The van der Waals surface area contributed by atoms with E-state index in [4.69, 9.17) is 5.11 Å². The normalized spacial score (nSPS) is 10.9. The van der Waals surface area contributed by atoms with Crippen LogP contribution in [0, 0.1) is 0 Å². The summed E-state index contributed by atoms with van der Waals surface area (Å²) < 4.78 is 0.947. The molecule has 0 aliphatic carbocycles. The van der Waals surface area contributed by atoms with Crippen molar-refractivity contribution < 1.29 is 9.90 Å². The van der Waals surface area contributed by atoms with Gasteiger partial charge in [-0.2, -0.15) is 0 Å². The zero-order valence-corrected chi connectivity index (χ0v) is 13.9. The number of ketones is 1. The van der Waals surface area contributed by atoms with Crippen molar-refractivity contribution in [3.63, 3.8) is 0 Å². The number of aliphatic hydroxyl groups is 1. The molecule has 0 aliphatic rings. The molecule has 23 heavy (non-hydrogen) atoms. The first-order chi connectivity index (χ1) is 11.2. The summed E-state index contributed by atoms with van der Waals surface area (Å²) in [5, 5.41) is 11.9. The highest BCUT2D eigenvalue weighted by Gasteiger charge is 2.12. The number of halogens is 1. The molecule has 3 rings (SSSR count). The summed E-state index contributed by atoms with van der Waals surface area (Å²) in [6.45, 7) is 0.457. The molecule has 0 fully saturated rings. The summed E-state index contributed by atoms with van der Waals surface area (Å²) in [4.78, 5) is 20.1. The monoisotopic (exact) mass is 373 g/mol. The molecule has 2 aromatic carbocycles. The third-order valence-corrected chi connectivity index (χ3v) is 4.05. The van der Waals surface area contributed by atoms with Gasteiger partial charge >= 0.3 is 0 Å². The van der Waals surface area contributed by atoms with Crippen molar-refractivity contribution in [3.8, 4) is 0 Å². The Balaban J connectivity index is 1.85. The number of carbonyl (C=O) groups is 1. The van der Waals surface area contributed by atoms with Gasteiger partial charge in [-0.05, 0) is 23.8 Å². The molecule has 1 aromatic heterocycles. The third kappa shape index (κ3) is 3.60. The van der Waals surface area contributed by atoms with Gasteiger partial charge in [0.25, 0.3) is 0 Å². The summed E-state index contributed by atoms with van der Waals surface area (Å²) in [5.41, 5.74) is 3.20. The molecule has 118 valence electrons. The highest BCUT2D eigenvalue weighted by atomic mass is 79.9. The summed E-state index contributed by atoms with van der Waals surface area (Å²) in [5.74, 6) is 0.649. The Kier molecular flexibility index (Phi) is 4.73. The van der Waals surface area contributed by atoms with E-state index < -0.39 is 0 Å². The molecule has 0 radical (unpaired) electrons. The van der Waals surface area contributed by atoms with Crippen LogP contribution in [0.25, 0.3) is 11.0 Å². The van der Waals surface area contributed by atoms with E-state index in [-0.39, 0.29) is 12.4 Å². The third-order valence-electron chi connectivity index (χ3n) is 3.52. The number of aromatic amines is 1. The maximum absolute atomic E-state index is 12.4. The molecule has 0 saturated carbocycles. The number of aromatic nitrogens is 2. The number of rotatable bonds is 6. The Morgan fingerprint density at radius 3 is 2.74 bits per heavy atom. The van der Waals surface area contributed by atoms with Crippen molar-refractivity contribution in [2.45, 2.75) is 6.42 Å². The maximum Gasteiger partial charge on any atom is 0.201 e. The van der Waals surface area contributed by atoms with Gasteiger partial charge in [0.15, 0.2) is 5.78 Å². The molecule has 0 spiro atoms. The van der Waals surface area contributed by atoms with E-state index in [9.17, 15) is 4.79 Å². The topological polar surface area (TPSA) is 78.0 Å². The van der Waals surface area contributed by atoms with E-state index in [0.717, 1.165) is 21.1 Å². The fraction of sp³-hybridized carbons (Fsp3) is 0.176. The lowest BCUT2D eigenvalue weighted by Crippen LogP contribution is -2.06. The molecule has 0 saturated heterocycles. The van der Waals surface area contributed by atoms with E-state index in [1.165, 1.54) is 0 Å². The lowest BCUT2D eigenvalue weighted by molar-refractivity contribution is 0.0993. The van der Waals surface area contributed by atoms with Gasteiger partial charge in [0, 0.05) is 23.0 Å². The van der Waals surface area contributed by atoms with Gasteiger partial charge in [0.1, 0.15) is 0 Å². The number of benzene rings is 2. The van der Waals surface area contributed by atoms with Crippen LogP contribution in [-0.2, 0) is 6.42 Å². The minimum atomic E-state index is 0.0337. The number of Topliss-reactive ketones (excluding diaryl/α,β-unsaturated/α-hetero) is 1. The molecule has 0 aliphatic heterocycles. The summed E-state index contributed by atoms with van der Waals surface area (Å²) in [6, 6.07) is 13.1. The molecular weight excluding hydrogens is 358 g/mol. The van der Waals surface area contributed by atoms with Crippen LogP contribution < -0.4 is 5.32 Å². The highest BCUT2D eigenvalue weighted by Crippen LogP contribution is 2.21. The Bertz CT molecular complexity index is 827. The Hall–Kier alpha value is -2.18. The molecule has 0 amide bonds. The molecule has 3 aromatic rings. The number of hydrogen-bond donors (Lipinski definition) is 3. The predicted molar refractivity (Wildman–Crippen MR) is 93.8 cm³/mol. The van der Waals surface area contributed by atoms with Crippen LogP contribution in [0.4, 0.5) is 5.95 Å². The van der Waals surface area contributed by atoms with Crippen LogP contribution in [0.15, 0.2) is 46.9 Å². The van der Waals surface area contributed by atoms with E-state index in [1.54, 1.807) is 0 Å². The molecule has 6 heteroatoms. The van der Waals surface area contributed by atoms with Crippen molar-refractivity contribution in [1.82, 2.24) is 9.97 Å². The van der Waals surface area contributed by atoms with Gasteiger partial charge in [-0.25, -0.2) is 4.98 Å². The zero-order chi connectivity index (χ0) is 16.2. The Morgan fingerprint density at radius 1 is 1.22 bits per heavy atom. The smallest absolute Gasteiger partial charge is 0.201 e. The van der Waals surface area contributed by atoms with Gasteiger partial charge in [-0.1, -0.05) is 40.2 Å². The van der Waals surface area contributed by atoms with E-state index in [1.807, 2.05) is 42.5 Å². The molecule has 0 unspecified atom stereocenters. The quantitative estimate of drug-likeness (QED) is 0.580. The van der Waals surface area contributed by atoms with Crippen LogP contribution in [-0.4, -0.2) is 34.0 Å². The van der Waals surface area contributed by atoms with Gasteiger partial charge in [0.05, 0.1) is 17.6 Å². The number of hydrogen-bond acceptors (Lipinski definition) is 4. The number of aliphatic hydroxyl groups excluding tert-OH is 1. The maximum atomic E-state index is 12.4. The van der Waals surface area contributed by atoms with Crippen LogP contribution in [0.2, 0.25) is 0 Å². The lowest BCUT2D eigenvalue weighted by Gasteiger charge is -2.03. The van der Waals surface area contributed by atoms with Gasteiger partial charge in [0.2, 0.25) is 5.95 Å². The van der Waals surface area contributed by atoms with Crippen molar-refractivity contribution in [1.29, 1.82) is 0 Å². The fourth-order valence-electron chi connectivity index (χ4n) is 2.40. The van der Waals surface area contributed by atoms with Crippen LogP contribution in [0.3, 0.4) is 0 Å². The van der Waals surface area contributed by atoms with Gasteiger partial charge in [-0.15, -0.1) is 0 Å². The van der Waals surface area contributed by atoms with Crippen LogP contribution in [0.1, 0.15) is 15.9 Å². The molecule has 5 nitrogen and oxygen atoms in total. The van der Waals surface area contributed by atoms with Crippen LogP contribution in [0.5, 0.6) is 0 Å². The van der Waals surface area contributed by atoms with Crippen molar-refractivity contribution in [2.24, 2.45) is 0 Å². The number of carbonyl (C=O) groups excluding carboxylic acids is 1. The number of anilines is 1. The number of imidazole rings is 1. The van der Waals surface area contributed by atoms with Gasteiger partial charge < -0.3 is 15.4 Å². The van der Waals surface area contributed by atoms with Crippen molar-refractivity contribution in [3.05, 3.63) is 58.1 Å². The average Bonchev–Trinajstić information content (AvgIpc) is 2.97. The molecule has 0 bridgehead atoms. The average molecular weight is 374 g/mol. The number of nitrogens with one attached hydrogen (secondary N) is 2. The first kappa shape index (κ1) is 15.7. The number of H-pyrrole nitrogens is 1. The highest BCUT2D eigenvalue weighted by molar-refractivity contribution is 9.10. The summed E-state index contributed by atoms with van der Waals surface area (Å²) in [6.07, 6.45) is 0.295. The van der Waals surface area contributed by atoms with E-state index >= 15 is 0 Å². The van der Waals surface area contributed by atoms with Crippen molar-refractivity contribution >= 4 is 38.7 Å². The fourth-order valence-corrected chi connectivity index (χ4v) is 2.67. The SMILES string of the molecule is O=C(Cc1cccc2[nH]c(NCCO)nc12)c1ccc(Br)cc1. The Morgan fingerprint density at radius 2 is 2.00 bits per heavy atom. The largest absolute Gasteiger partial charge is 0.395 e. The minimum absolute atomic E-state index is 0.0337. The molecule has 1 heterocycles. The van der Waals surface area contributed by atoms with E-state index in [0.29, 0.717) is 24.5 Å². The van der Waals surface area contributed by atoms with Gasteiger partial charge in [-0.3, -0.25) is 4.79 Å². The molecule has 3 N–H and O–H groups in total. The second kappa shape index (κ2) is 6.93. The summed E-state index contributed by atoms with van der Waals surface area (Å²) in [7, 11) is 0. The number of nitrogens with zero attached hydrogens (tertiary/aromatic N) is 1. The minimum Gasteiger partial charge on any atom is -0.395 e.